The molecule has 0 radical (unpaired) electrons. The van der Waals surface area contributed by atoms with Gasteiger partial charge in [-0.3, -0.25) is 9.59 Å². The second-order valence-electron chi connectivity index (χ2n) is 9.45. The largest absolute Gasteiger partial charge is 0.483 e. The molecule has 0 fully saturated rings. The summed E-state index contributed by atoms with van der Waals surface area (Å²) in [6.45, 7) is 1.79. The predicted octanol–water partition coefficient (Wildman–Crippen LogP) is 7.28. The number of amides is 1. The number of halogens is 2. The Hall–Kier alpha value is -4.48. The van der Waals surface area contributed by atoms with E-state index in [1.807, 2.05) is 43.3 Å². The average molecular weight is 689 g/mol. The fourth-order valence-electron chi connectivity index (χ4n) is 4.40. The lowest BCUT2D eigenvalue weighted by molar-refractivity contribution is -0.118. The Kier molecular flexibility index (Phi) is 7.77. The number of fused-ring (bicyclic) bond motifs is 2. The fraction of sp³-hybridized carbons (Fsp3) is 0.0625. The number of carbonyl (C=O) groups is 1. The number of benzene rings is 4. The average Bonchev–Trinajstić information content (AvgIpc) is 3.40. The molecule has 10 heteroatoms. The van der Waals surface area contributed by atoms with Crippen LogP contribution in [-0.2, 0) is 4.79 Å². The van der Waals surface area contributed by atoms with Crippen molar-refractivity contribution in [3.05, 3.63) is 121 Å². The van der Waals surface area contributed by atoms with E-state index in [0.29, 0.717) is 33.0 Å². The molecule has 0 unspecified atom stereocenters. The van der Waals surface area contributed by atoms with Crippen molar-refractivity contribution < 1.29 is 13.9 Å². The number of furan rings is 1. The highest BCUT2D eigenvalue weighted by Crippen LogP contribution is 2.29. The Morgan fingerprint density at radius 1 is 1.07 bits per heavy atom. The monoisotopic (exact) mass is 688 g/mol. The fourth-order valence-corrected chi connectivity index (χ4v) is 5.27. The van der Waals surface area contributed by atoms with E-state index in [-0.39, 0.29) is 23.9 Å². The molecule has 6 rings (SSSR count). The van der Waals surface area contributed by atoms with Crippen LogP contribution in [0.4, 0.5) is 5.69 Å². The van der Waals surface area contributed by atoms with Crippen molar-refractivity contribution in [3.8, 4) is 17.3 Å². The quantitative estimate of drug-likeness (QED) is 0.141. The van der Waals surface area contributed by atoms with Gasteiger partial charge in [0.05, 0.1) is 20.7 Å². The molecular weight excluding hydrogens is 667 g/mol. The molecule has 0 saturated carbocycles. The van der Waals surface area contributed by atoms with Crippen LogP contribution in [-0.4, -0.2) is 28.4 Å². The molecule has 42 heavy (non-hydrogen) atoms. The summed E-state index contributed by atoms with van der Waals surface area (Å²) in [7, 11) is 0. The zero-order valence-electron chi connectivity index (χ0n) is 22.2. The van der Waals surface area contributed by atoms with Gasteiger partial charge in [-0.2, -0.15) is 9.78 Å². The summed E-state index contributed by atoms with van der Waals surface area (Å²) in [4.78, 5) is 30.6. The first-order chi connectivity index (χ1) is 20.4. The minimum Gasteiger partial charge on any atom is -0.483 e. The minimum absolute atomic E-state index is 0.137. The highest BCUT2D eigenvalue weighted by atomic mass is 127. The van der Waals surface area contributed by atoms with E-state index in [4.69, 9.17) is 25.7 Å². The van der Waals surface area contributed by atoms with Crippen LogP contribution < -0.4 is 15.6 Å². The maximum Gasteiger partial charge on any atom is 0.282 e. The van der Waals surface area contributed by atoms with E-state index in [1.165, 1.54) is 4.68 Å². The summed E-state index contributed by atoms with van der Waals surface area (Å²) < 4.78 is 13.8. The standard InChI is InChI=1S/C32H22ClIN4O4/c1-19-6-2-4-8-25(19)36-30(39)18-41-28-12-10-20(14-24(28)34)17-35-38-31(37-26-9-5-3-7-23(26)32(38)40)29-16-21-15-22(33)11-13-27(21)42-29/h2-17H,18H2,1H3,(H,36,39). The highest BCUT2D eigenvalue weighted by Gasteiger charge is 2.17. The van der Waals surface area contributed by atoms with Crippen LogP contribution in [0.1, 0.15) is 11.1 Å². The molecule has 2 aromatic heterocycles. The Balaban J connectivity index is 1.27. The Labute approximate surface area is 258 Å². The third kappa shape index (κ3) is 5.79. The SMILES string of the molecule is Cc1ccccc1NC(=O)COc1ccc(C=Nn2c(-c3cc4cc(Cl)ccc4o3)nc3ccccc3c2=O)cc1I. The number of aromatic nitrogens is 2. The number of aryl methyl sites for hydroxylation is 1. The number of carbonyl (C=O) groups excluding carboxylic acids is 1. The maximum atomic E-state index is 13.5. The van der Waals surface area contributed by atoms with Gasteiger partial charge in [-0.15, -0.1) is 0 Å². The van der Waals surface area contributed by atoms with Crippen molar-refractivity contribution in [2.45, 2.75) is 6.92 Å². The number of para-hydroxylation sites is 2. The first kappa shape index (κ1) is 27.7. The molecule has 4 aromatic carbocycles. The zero-order valence-corrected chi connectivity index (χ0v) is 25.1. The molecule has 1 N–H and O–H groups in total. The van der Waals surface area contributed by atoms with E-state index in [2.05, 4.69) is 33.0 Å². The number of nitrogens with zero attached hydrogens (tertiary/aromatic N) is 3. The third-order valence-corrected chi connectivity index (χ3v) is 7.59. The molecule has 1 amide bonds. The number of ether oxygens (including phenoxy) is 1. The summed E-state index contributed by atoms with van der Waals surface area (Å²) in [6, 6.07) is 27.1. The van der Waals surface area contributed by atoms with Gasteiger partial charge in [0.25, 0.3) is 11.5 Å². The third-order valence-electron chi connectivity index (χ3n) is 6.51. The molecule has 0 saturated heterocycles. The number of hydrogen-bond acceptors (Lipinski definition) is 6. The minimum atomic E-state index is -0.334. The Morgan fingerprint density at radius 2 is 1.88 bits per heavy atom. The van der Waals surface area contributed by atoms with Crippen LogP contribution in [0.2, 0.25) is 5.02 Å². The maximum absolute atomic E-state index is 13.5. The van der Waals surface area contributed by atoms with E-state index < -0.39 is 0 Å². The molecule has 0 spiro atoms. The molecule has 2 heterocycles. The summed E-state index contributed by atoms with van der Waals surface area (Å²) in [5, 5.41) is 9.16. The van der Waals surface area contributed by atoms with Crippen LogP contribution >= 0.6 is 34.2 Å². The van der Waals surface area contributed by atoms with Crippen LogP contribution in [0.25, 0.3) is 33.5 Å². The zero-order chi connectivity index (χ0) is 29.2. The van der Waals surface area contributed by atoms with Crippen molar-refractivity contribution in [2.75, 3.05) is 11.9 Å². The lowest BCUT2D eigenvalue weighted by atomic mass is 10.2. The van der Waals surface area contributed by atoms with Crippen LogP contribution in [0.5, 0.6) is 5.75 Å². The highest BCUT2D eigenvalue weighted by molar-refractivity contribution is 14.1. The molecule has 208 valence electrons. The molecule has 0 aliphatic heterocycles. The topological polar surface area (TPSA) is 98.7 Å². The first-order valence-corrected chi connectivity index (χ1v) is 14.3. The van der Waals surface area contributed by atoms with Crippen molar-refractivity contribution in [2.24, 2.45) is 5.10 Å². The van der Waals surface area contributed by atoms with E-state index in [0.717, 1.165) is 25.8 Å². The van der Waals surface area contributed by atoms with Gasteiger partial charge >= 0.3 is 0 Å². The van der Waals surface area contributed by atoms with Crippen LogP contribution in [0.3, 0.4) is 0 Å². The van der Waals surface area contributed by atoms with E-state index >= 15 is 0 Å². The van der Waals surface area contributed by atoms with Gasteiger partial charge in [-0.05, 0) is 101 Å². The Morgan fingerprint density at radius 3 is 2.71 bits per heavy atom. The normalized spacial score (nSPS) is 11.4. The van der Waals surface area contributed by atoms with E-state index in [1.54, 1.807) is 60.8 Å². The smallest absolute Gasteiger partial charge is 0.282 e. The van der Waals surface area contributed by atoms with Crippen molar-refractivity contribution in [1.29, 1.82) is 0 Å². The van der Waals surface area contributed by atoms with Gasteiger partial charge in [0.1, 0.15) is 11.3 Å². The molecule has 0 bridgehead atoms. The summed E-state index contributed by atoms with van der Waals surface area (Å²) >= 11 is 8.29. The predicted molar refractivity (Wildman–Crippen MR) is 174 cm³/mol. The molecule has 0 aliphatic carbocycles. The van der Waals surface area contributed by atoms with Gasteiger partial charge < -0.3 is 14.5 Å². The number of rotatable bonds is 7. The van der Waals surface area contributed by atoms with Crippen LogP contribution in [0.15, 0.2) is 105 Å². The molecule has 8 nitrogen and oxygen atoms in total. The van der Waals surface area contributed by atoms with E-state index in [9.17, 15) is 9.59 Å². The molecular formula is C32H22ClIN4O4. The summed E-state index contributed by atoms with van der Waals surface area (Å²) in [6.07, 6.45) is 1.57. The molecule has 6 aromatic rings. The van der Waals surface area contributed by atoms with Crippen molar-refractivity contribution in [1.82, 2.24) is 9.66 Å². The molecule has 0 atom stereocenters. The second-order valence-corrected chi connectivity index (χ2v) is 11.0. The first-order valence-electron chi connectivity index (χ1n) is 12.9. The number of anilines is 1. The van der Waals surface area contributed by atoms with Gasteiger partial charge in [0, 0.05) is 16.1 Å². The van der Waals surface area contributed by atoms with Gasteiger partial charge in [0.15, 0.2) is 12.4 Å². The van der Waals surface area contributed by atoms with Crippen molar-refractivity contribution >= 4 is 73.9 Å². The van der Waals surface area contributed by atoms with Crippen LogP contribution in [0, 0.1) is 10.5 Å². The van der Waals surface area contributed by atoms with Gasteiger partial charge in [0.2, 0.25) is 5.82 Å². The number of nitrogens with one attached hydrogen (secondary N) is 1. The second kappa shape index (κ2) is 11.8. The summed E-state index contributed by atoms with van der Waals surface area (Å²) in [5.41, 5.74) is 3.25. The van der Waals surface area contributed by atoms with Crippen molar-refractivity contribution in [3.63, 3.8) is 0 Å². The van der Waals surface area contributed by atoms with Gasteiger partial charge in [-0.25, -0.2) is 4.98 Å². The van der Waals surface area contributed by atoms with Gasteiger partial charge in [-0.1, -0.05) is 41.9 Å². The number of hydrogen-bond donors (Lipinski definition) is 1. The summed E-state index contributed by atoms with van der Waals surface area (Å²) in [5.74, 6) is 0.944. The molecule has 0 aliphatic rings. The lowest BCUT2D eigenvalue weighted by Gasteiger charge is -2.11. The Bertz CT molecular complexity index is 2070. The lowest BCUT2D eigenvalue weighted by Crippen LogP contribution is -2.21.